The van der Waals surface area contributed by atoms with Gasteiger partial charge in [-0.15, -0.1) is 0 Å². The highest BCUT2D eigenvalue weighted by atomic mass is 32.1. The van der Waals surface area contributed by atoms with Crippen LogP contribution in [0.4, 0.5) is 22.5 Å². The topological polar surface area (TPSA) is 88.8 Å². The van der Waals surface area contributed by atoms with Crippen LogP contribution in [0.3, 0.4) is 0 Å². The molecule has 0 saturated heterocycles. The van der Waals surface area contributed by atoms with Crippen LogP contribution < -0.4 is 16.4 Å². The van der Waals surface area contributed by atoms with Gasteiger partial charge >= 0.3 is 0 Å². The van der Waals surface area contributed by atoms with Crippen molar-refractivity contribution in [1.29, 1.82) is 0 Å². The van der Waals surface area contributed by atoms with E-state index in [0.29, 0.717) is 23.9 Å². The van der Waals surface area contributed by atoms with Gasteiger partial charge in [0.1, 0.15) is 12.0 Å². The number of anilines is 4. The molecule has 0 radical (unpaired) electrons. The number of para-hydroxylation sites is 1. The molecule has 0 amide bonds. The van der Waals surface area contributed by atoms with Crippen LogP contribution in [0.5, 0.6) is 0 Å². The minimum Gasteiger partial charge on any atom is -0.393 e. The standard InChI is InChI=1S/C19H18N6S/c1-12-6-5-9-14-16(12)24-19(26-14)25-18-15(20)17(22-11-23-18)21-10-13-7-3-2-4-8-13/h2-9,11H,10,20H2,1H3,(H2,21,22,23,24,25). The molecule has 2 aromatic heterocycles. The molecule has 0 bridgehead atoms. The molecule has 7 heteroatoms. The Bertz CT molecular complexity index is 1040. The van der Waals surface area contributed by atoms with Gasteiger partial charge in [0.05, 0.1) is 10.2 Å². The molecular formula is C19H18N6S. The second kappa shape index (κ2) is 6.97. The second-order valence-electron chi connectivity index (χ2n) is 5.89. The zero-order valence-electron chi connectivity index (χ0n) is 14.2. The first kappa shape index (κ1) is 16.3. The minimum absolute atomic E-state index is 0.472. The van der Waals surface area contributed by atoms with Gasteiger partial charge in [-0.25, -0.2) is 15.0 Å². The van der Waals surface area contributed by atoms with Gasteiger partial charge in [-0.3, -0.25) is 0 Å². The lowest BCUT2D eigenvalue weighted by Crippen LogP contribution is -2.08. The third-order valence-electron chi connectivity index (χ3n) is 4.03. The lowest BCUT2D eigenvalue weighted by Gasteiger charge is -2.11. The van der Waals surface area contributed by atoms with Crippen LogP contribution in [0.2, 0.25) is 0 Å². The van der Waals surface area contributed by atoms with Gasteiger partial charge in [0, 0.05) is 6.54 Å². The fraction of sp³-hybridized carbons (Fsp3) is 0.105. The van der Waals surface area contributed by atoms with Crippen molar-refractivity contribution in [3.63, 3.8) is 0 Å². The van der Waals surface area contributed by atoms with Crippen molar-refractivity contribution in [2.24, 2.45) is 0 Å². The molecule has 4 rings (SSSR count). The van der Waals surface area contributed by atoms with Crippen LogP contribution in [0.1, 0.15) is 11.1 Å². The van der Waals surface area contributed by atoms with E-state index in [1.165, 1.54) is 6.33 Å². The number of nitrogen functional groups attached to an aromatic ring is 1. The van der Waals surface area contributed by atoms with Crippen LogP contribution >= 0.6 is 11.3 Å². The summed E-state index contributed by atoms with van der Waals surface area (Å²) in [5, 5.41) is 7.23. The molecule has 2 heterocycles. The van der Waals surface area contributed by atoms with E-state index in [4.69, 9.17) is 5.73 Å². The maximum Gasteiger partial charge on any atom is 0.189 e. The van der Waals surface area contributed by atoms with Crippen molar-refractivity contribution in [2.75, 3.05) is 16.4 Å². The highest BCUT2D eigenvalue weighted by molar-refractivity contribution is 7.22. The summed E-state index contributed by atoms with van der Waals surface area (Å²) in [6.07, 6.45) is 1.49. The summed E-state index contributed by atoms with van der Waals surface area (Å²) >= 11 is 1.57. The molecule has 2 aromatic carbocycles. The number of aromatic nitrogens is 3. The van der Waals surface area contributed by atoms with E-state index in [-0.39, 0.29) is 0 Å². The fourth-order valence-electron chi connectivity index (χ4n) is 2.66. The quantitative estimate of drug-likeness (QED) is 0.490. The normalized spacial score (nSPS) is 10.8. The van der Waals surface area contributed by atoms with E-state index in [1.807, 2.05) is 36.4 Å². The number of nitrogens with one attached hydrogen (secondary N) is 2. The Balaban J connectivity index is 1.55. The molecule has 0 aliphatic rings. The van der Waals surface area contributed by atoms with Gasteiger partial charge in [0.2, 0.25) is 0 Å². The molecule has 0 atom stereocenters. The second-order valence-corrected chi connectivity index (χ2v) is 6.92. The van der Waals surface area contributed by atoms with Crippen molar-refractivity contribution < 1.29 is 0 Å². The zero-order valence-corrected chi connectivity index (χ0v) is 15.0. The molecule has 0 fully saturated rings. The van der Waals surface area contributed by atoms with Gasteiger partial charge in [-0.2, -0.15) is 0 Å². The number of rotatable bonds is 5. The van der Waals surface area contributed by atoms with Crippen molar-refractivity contribution in [1.82, 2.24) is 15.0 Å². The maximum atomic E-state index is 6.25. The van der Waals surface area contributed by atoms with Crippen molar-refractivity contribution in [3.05, 3.63) is 66.0 Å². The van der Waals surface area contributed by atoms with E-state index in [2.05, 4.69) is 44.6 Å². The Hall–Kier alpha value is -3.19. The third-order valence-corrected chi connectivity index (χ3v) is 4.97. The summed E-state index contributed by atoms with van der Waals surface area (Å²) in [5.74, 6) is 1.15. The average molecular weight is 362 g/mol. The largest absolute Gasteiger partial charge is 0.393 e. The number of hydrogen-bond donors (Lipinski definition) is 3. The Morgan fingerprint density at radius 3 is 2.62 bits per heavy atom. The summed E-state index contributed by atoms with van der Waals surface area (Å²) in [6, 6.07) is 16.2. The smallest absolute Gasteiger partial charge is 0.189 e. The zero-order chi connectivity index (χ0) is 17.9. The molecule has 0 saturated carbocycles. The lowest BCUT2D eigenvalue weighted by atomic mass is 10.2. The molecule has 0 unspecified atom stereocenters. The van der Waals surface area contributed by atoms with Gasteiger partial charge in [0.15, 0.2) is 16.8 Å². The van der Waals surface area contributed by atoms with Crippen LogP contribution in [-0.4, -0.2) is 15.0 Å². The van der Waals surface area contributed by atoms with Crippen molar-refractivity contribution in [2.45, 2.75) is 13.5 Å². The van der Waals surface area contributed by atoms with E-state index in [9.17, 15) is 0 Å². The number of thiazole rings is 1. The molecule has 26 heavy (non-hydrogen) atoms. The Labute approximate surface area is 155 Å². The Kier molecular flexibility index (Phi) is 4.37. The number of fused-ring (bicyclic) bond motifs is 1. The van der Waals surface area contributed by atoms with E-state index < -0.39 is 0 Å². The monoisotopic (exact) mass is 362 g/mol. The van der Waals surface area contributed by atoms with E-state index >= 15 is 0 Å². The van der Waals surface area contributed by atoms with Crippen LogP contribution in [0, 0.1) is 6.92 Å². The van der Waals surface area contributed by atoms with Gasteiger partial charge < -0.3 is 16.4 Å². The molecule has 0 aliphatic carbocycles. The fourth-order valence-corrected chi connectivity index (χ4v) is 3.60. The van der Waals surface area contributed by atoms with Crippen molar-refractivity contribution >= 4 is 44.0 Å². The van der Waals surface area contributed by atoms with Crippen LogP contribution in [0.25, 0.3) is 10.2 Å². The van der Waals surface area contributed by atoms with Gasteiger partial charge in [-0.05, 0) is 24.1 Å². The van der Waals surface area contributed by atoms with Crippen LogP contribution in [-0.2, 0) is 6.54 Å². The highest BCUT2D eigenvalue weighted by Gasteiger charge is 2.11. The molecule has 0 aliphatic heterocycles. The number of nitrogens with zero attached hydrogens (tertiary/aromatic N) is 3. The first-order valence-electron chi connectivity index (χ1n) is 8.22. The van der Waals surface area contributed by atoms with Crippen molar-refractivity contribution in [3.8, 4) is 0 Å². The van der Waals surface area contributed by atoms with E-state index in [1.54, 1.807) is 11.3 Å². The first-order valence-corrected chi connectivity index (χ1v) is 9.04. The van der Waals surface area contributed by atoms with E-state index in [0.717, 1.165) is 26.5 Å². The molecular weight excluding hydrogens is 344 g/mol. The predicted octanol–water partition coefficient (Wildman–Crippen LogP) is 4.33. The predicted molar refractivity (Wildman–Crippen MR) is 108 cm³/mol. The Morgan fingerprint density at radius 1 is 1.00 bits per heavy atom. The third kappa shape index (κ3) is 3.29. The highest BCUT2D eigenvalue weighted by Crippen LogP contribution is 2.32. The number of aryl methyl sites for hydroxylation is 1. The summed E-state index contributed by atoms with van der Waals surface area (Å²) in [6.45, 7) is 2.69. The molecule has 130 valence electrons. The minimum atomic E-state index is 0.472. The van der Waals surface area contributed by atoms with Gasteiger partial charge in [-0.1, -0.05) is 53.8 Å². The summed E-state index contributed by atoms with van der Waals surface area (Å²) in [5.41, 5.74) is 10.0. The molecule has 4 aromatic rings. The first-order chi connectivity index (χ1) is 12.7. The Morgan fingerprint density at radius 2 is 1.81 bits per heavy atom. The number of nitrogens with two attached hydrogens (primary N) is 1. The maximum absolute atomic E-state index is 6.25. The van der Waals surface area contributed by atoms with Gasteiger partial charge in [0.25, 0.3) is 0 Å². The number of hydrogen-bond acceptors (Lipinski definition) is 7. The number of benzene rings is 2. The van der Waals surface area contributed by atoms with Crippen LogP contribution in [0.15, 0.2) is 54.9 Å². The summed E-state index contributed by atoms with van der Waals surface area (Å²) in [7, 11) is 0. The SMILES string of the molecule is Cc1cccc2sc(Nc3ncnc(NCc4ccccc4)c3N)nc12. The summed E-state index contributed by atoms with van der Waals surface area (Å²) < 4.78 is 1.13. The molecule has 4 N–H and O–H groups in total. The molecule has 6 nitrogen and oxygen atoms in total. The summed E-state index contributed by atoms with van der Waals surface area (Å²) in [4.78, 5) is 13.2. The lowest BCUT2D eigenvalue weighted by molar-refractivity contribution is 1.09. The average Bonchev–Trinajstić information content (AvgIpc) is 3.07. The molecule has 0 spiro atoms.